The second-order valence-corrected chi connectivity index (χ2v) is 7.54. The van der Waals surface area contributed by atoms with Crippen molar-refractivity contribution in [2.45, 2.75) is 19.0 Å². The SMILES string of the molecule is O=C(Cc1ccccc1OC(F)(F)F)c1c(O)c2cccnc2n(-c2cccc(C(F)(F)F)c2)c1=O. The lowest BCUT2D eigenvalue weighted by Gasteiger charge is -2.16. The van der Waals surface area contributed by atoms with E-state index in [1.54, 1.807) is 0 Å². The molecule has 0 saturated heterocycles. The molecule has 0 bridgehead atoms. The van der Waals surface area contributed by atoms with Crippen molar-refractivity contribution in [2.75, 3.05) is 0 Å². The summed E-state index contributed by atoms with van der Waals surface area (Å²) in [6.07, 6.45) is -9.33. The maximum absolute atomic E-state index is 13.4. The van der Waals surface area contributed by atoms with Crippen LogP contribution < -0.4 is 10.3 Å². The summed E-state index contributed by atoms with van der Waals surface area (Å²) >= 11 is 0. The van der Waals surface area contributed by atoms with Crippen molar-refractivity contribution in [3.05, 3.63) is 93.9 Å². The predicted octanol–water partition coefficient (Wildman–Crippen LogP) is 5.43. The van der Waals surface area contributed by atoms with Gasteiger partial charge in [-0.05, 0) is 36.4 Å². The fraction of sp³-hybridized carbons (Fsp3) is 0.125. The van der Waals surface area contributed by atoms with Gasteiger partial charge in [-0.25, -0.2) is 4.98 Å². The summed E-state index contributed by atoms with van der Waals surface area (Å²) in [6, 6.07) is 11.1. The number of pyridine rings is 2. The minimum Gasteiger partial charge on any atom is -0.506 e. The number of para-hydroxylation sites is 1. The number of benzene rings is 2. The number of aromatic hydroxyl groups is 1. The molecular weight excluding hydrogens is 494 g/mol. The molecule has 0 radical (unpaired) electrons. The molecule has 0 amide bonds. The van der Waals surface area contributed by atoms with Crippen LogP contribution in [0, 0.1) is 0 Å². The van der Waals surface area contributed by atoms with Crippen LogP contribution >= 0.6 is 0 Å². The van der Waals surface area contributed by atoms with E-state index < -0.39 is 52.9 Å². The number of hydrogen-bond donors (Lipinski definition) is 1. The molecule has 186 valence electrons. The van der Waals surface area contributed by atoms with Gasteiger partial charge in [0.1, 0.15) is 17.1 Å². The molecule has 0 saturated carbocycles. The van der Waals surface area contributed by atoms with E-state index in [-0.39, 0.29) is 22.3 Å². The first-order chi connectivity index (χ1) is 16.9. The van der Waals surface area contributed by atoms with E-state index in [1.165, 1.54) is 42.6 Å². The van der Waals surface area contributed by atoms with Crippen LogP contribution in [0.5, 0.6) is 11.5 Å². The first-order valence-corrected chi connectivity index (χ1v) is 10.1. The summed E-state index contributed by atoms with van der Waals surface area (Å²) in [5, 5.41) is 10.6. The number of ether oxygens (including phenoxy) is 1. The minimum atomic E-state index is -5.05. The van der Waals surface area contributed by atoms with Crippen molar-refractivity contribution >= 4 is 16.8 Å². The molecule has 0 unspecified atom stereocenters. The lowest BCUT2D eigenvalue weighted by molar-refractivity contribution is -0.274. The lowest BCUT2D eigenvalue weighted by Crippen LogP contribution is -2.27. The molecule has 2 aromatic heterocycles. The lowest BCUT2D eigenvalue weighted by atomic mass is 10.0. The molecule has 4 rings (SSSR count). The van der Waals surface area contributed by atoms with Crippen LogP contribution in [0.2, 0.25) is 0 Å². The highest BCUT2D eigenvalue weighted by Gasteiger charge is 2.33. The van der Waals surface area contributed by atoms with Crippen molar-refractivity contribution in [1.29, 1.82) is 0 Å². The monoisotopic (exact) mass is 508 g/mol. The third-order valence-corrected chi connectivity index (χ3v) is 5.17. The van der Waals surface area contributed by atoms with Crippen molar-refractivity contribution in [2.24, 2.45) is 0 Å². The Labute approximate surface area is 198 Å². The smallest absolute Gasteiger partial charge is 0.506 e. The summed E-state index contributed by atoms with van der Waals surface area (Å²) in [4.78, 5) is 30.5. The zero-order valence-corrected chi connectivity index (χ0v) is 17.9. The van der Waals surface area contributed by atoms with Gasteiger partial charge in [0.05, 0.1) is 16.6 Å². The highest BCUT2D eigenvalue weighted by Crippen LogP contribution is 2.33. The van der Waals surface area contributed by atoms with Gasteiger partial charge in [-0.1, -0.05) is 24.3 Å². The van der Waals surface area contributed by atoms with Crippen LogP contribution in [0.1, 0.15) is 21.5 Å². The Morgan fingerprint density at radius 3 is 2.39 bits per heavy atom. The molecule has 36 heavy (non-hydrogen) atoms. The van der Waals surface area contributed by atoms with Gasteiger partial charge in [-0.3, -0.25) is 14.2 Å². The van der Waals surface area contributed by atoms with Crippen LogP contribution in [0.25, 0.3) is 16.7 Å². The Morgan fingerprint density at radius 1 is 0.972 bits per heavy atom. The van der Waals surface area contributed by atoms with E-state index in [0.29, 0.717) is 6.07 Å². The van der Waals surface area contributed by atoms with Gasteiger partial charge in [-0.2, -0.15) is 13.2 Å². The van der Waals surface area contributed by atoms with Crippen LogP contribution in [-0.4, -0.2) is 26.8 Å². The van der Waals surface area contributed by atoms with E-state index in [0.717, 1.165) is 22.8 Å². The van der Waals surface area contributed by atoms with Gasteiger partial charge < -0.3 is 9.84 Å². The predicted molar refractivity (Wildman–Crippen MR) is 115 cm³/mol. The molecule has 0 aliphatic carbocycles. The standard InChI is InChI=1S/C24H14F6N2O4/c25-23(26,27)14-6-3-7-15(12-14)32-21-16(8-4-10-31-21)20(34)19(22(32)35)17(33)11-13-5-1-2-9-18(13)36-24(28,29)30/h1-10,12,34H,11H2. The van der Waals surface area contributed by atoms with Crippen molar-refractivity contribution < 1.29 is 41.0 Å². The van der Waals surface area contributed by atoms with Gasteiger partial charge >= 0.3 is 12.5 Å². The number of halogens is 6. The van der Waals surface area contributed by atoms with E-state index >= 15 is 0 Å². The molecule has 0 fully saturated rings. The molecule has 1 N–H and O–H groups in total. The quantitative estimate of drug-likeness (QED) is 0.287. The molecule has 0 aliphatic heterocycles. The molecule has 6 nitrogen and oxygen atoms in total. The number of hydrogen-bond acceptors (Lipinski definition) is 5. The van der Waals surface area contributed by atoms with Gasteiger partial charge in [0.2, 0.25) is 0 Å². The molecule has 0 aliphatic rings. The molecule has 0 atom stereocenters. The Bertz CT molecular complexity index is 1530. The summed E-state index contributed by atoms with van der Waals surface area (Å²) in [5.41, 5.74) is -3.83. The van der Waals surface area contributed by atoms with Gasteiger partial charge in [-0.15, -0.1) is 13.2 Å². The minimum absolute atomic E-state index is 0.127. The first kappa shape index (κ1) is 24.8. The van der Waals surface area contributed by atoms with Crippen LogP contribution in [0.3, 0.4) is 0 Å². The Kier molecular flexibility index (Phi) is 6.21. The number of carbonyl (C=O) groups excluding carboxylic acids is 1. The zero-order valence-electron chi connectivity index (χ0n) is 17.9. The molecule has 2 heterocycles. The maximum atomic E-state index is 13.4. The fourth-order valence-electron chi connectivity index (χ4n) is 3.65. The average Bonchev–Trinajstić information content (AvgIpc) is 2.79. The van der Waals surface area contributed by atoms with E-state index in [2.05, 4.69) is 9.72 Å². The Morgan fingerprint density at radius 2 is 1.69 bits per heavy atom. The highest BCUT2D eigenvalue weighted by molar-refractivity contribution is 6.04. The molecular formula is C24H14F6N2O4. The second-order valence-electron chi connectivity index (χ2n) is 7.54. The number of nitrogens with zero attached hydrogens (tertiary/aromatic N) is 2. The van der Waals surface area contributed by atoms with Crippen LogP contribution in [0.15, 0.2) is 71.7 Å². The molecule has 0 spiro atoms. The molecule has 2 aromatic carbocycles. The molecule has 4 aromatic rings. The van der Waals surface area contributed by atoms with Gasteiger partial charge in [0.25, 0.3) is 5.56 Å². The highest BCUT2D eigenvalue weighted by atomic mass is 19.4. The normalized spacial score (nSPS) is 12.1. The maximum Gasteiger partial charge on any atom is 0.573 e. The number of aromatic nitrogens is 2. The summed E-state index contributed by atoms with van der Waals surface area (Å²) in [5.74, 6) is -2.56. The number of rotatable bonds is 5. The summed E-state index contributed by atoms with van der Waals surface area (Å²) in [7, 11) is 0. The van der Waals surface area contributed by atoms with Crippen molar-refractivity contribution in [3.8, 4) is 17.2 Å². The number of ketones is 1. The third-order valence-electron chi connectivity index (χ3n) is 5.17. The fourth-order valence-corrected chi connectivity index (χ4v) is 3.65. The second kappa shape index (κ2) is 9.02. The molecule has 12 heteroatoms. The van der Waals surface area contributed by atoms with Gasteiger partial charge in [0.15, 0.2) is 11.4 Å². The van der Waals surface area contributed by atoms with Gasteiger partial charge in [0, 0.05) is 18.2 Å². The number of alkyl halides is 6. The van der Waals surface area contributed by atoms with Crippen LogP contribution in [0.4, 0.5) is 26.3 Å². The van der Waals surface area contributed by atoms with E-state index in [1.807, 2.05) is 0 Å². The number of carbonyl (C=O) groups is 1. The van der Waals surface area contributed by atoms with Crippen molar-refractivity contribution in [3.63, 3.8) is 0 Å². The largest absolute Gasteiger partial charge is 0.573 e. The van der Waals surface area contributed by atoms with Crippen LogP contribution in [-0.2, 0) is 12.6 Å². The number of Topliss-reactive ketones (excluding diaryl/α,β-unsaturated/α-hetero) is 1. The summed E-state index contributed by atoms with van der Waals surface area (Å²) in [6.45, 7) is 0. The Balaban J connectivity index is 1.89. The first-order valence-electron chi connectivity index (χ1n) is 10.1. The topological polar surface area (TPSA) is 81.4 Å². The third kappa shape index (κ3) is 4.88. The number of fused-ring (bicyclic) bond motifs is 1. The zero-order chi connectivity index (χ0) is 26.3. The average molecular weight is 508 g/mol. The summed E-state index contributed by atoms with van der Waals surface area (Å²) < 4.78 is 82.8. The van der Waals surface area contributed by atoms with Crippen molar-refractivity contribution in [1.82, 2.24) is 9.55 Å². The van der Waals surface area contributed by atoms with E-state index in [4.69, 9.17) is 0 Å². The Hall–Kier alpha value is -4.35. The van der Waals surface area contributed by atoms with E-state index in [9.17, 15) is 41.0 Å².